The number of rotatable bonds is 4. The van der Waals surface area contributed by atoms with Gasteiger partial charge in [-0.25, -0.2) is 4.39 Å². The molecule has 1 aromatic rings. The highest BCUT2D eigenvalue weighted by Gasteiger charge is 2.13. The molecular formula is C14H21FN2O. The van der Waals surface area contributed by atoms with Crippen molar-refractivity contribution in [3.8, 4) is 0 Å². The van der Waals surface area contributed by atoms with Crippen molar-refractivity contribution in [2.24, 2.45) is 0 Å². The predicted octanol–water partition coefficient (Wildman–Crippen LogP) is 2.39. The molecule has 1 rings (SSSR count). The summed E-state index contributed by atoms with van der Waals surface area (Å²) in [6, 6.07) is 6.02. The van der Waals surface area contributed by atoms with E-state index in [2.05, 4.69) is 10.6 Å². The molecule has 0 unspecified atom stereocenters. The molecule has 4 heteroatoms. The summed E-state index contributed by atoms with van der Waals surface area (Å²) in [5, 5.41) is 5.98. The summed E-state index contributed by atoms with van der Waals surface area (Å²) in [6.07, 6.45) is 0. The Morgan fingerprint density at radius 1 is 1.28 bits per heavy atom. The van der Waals surface area contributed by atoms with Gasteiger partial charge in [-0.1, -0.05) is 12.1 Å². The molecular weight excluding hydrogens is 231 g/mol. The second-order valence-electron chi connectivity index (χ2n) is 5.44. The van der Waals surface area contributed by atoms with Crippen molar-refractivity contribution in [2.45, 2.75) is 39.3 Å². The molecule has 0 saturated heterocycles. The number of amides is 1. The minimum Gasteiger partial charge on any atom is -0.348 e. The van der Waals surface area contributed by atoms with Crippen LogP contribution >= 0.6 is 0 Å². The first-order valence-electron chi connectivity index (χ1n) is 6.08. The van der Waals surface area contributed by atoms with Crippen LogP contribution in [0, 0.1) is 5.82 Å². The molecule has 0 aliphatic heterocycles. The SMILES string of the molecule is C[C@@H](NC(=O)CNC(C)(C)C)c1ccc(F)cc1. The van der Waals surface area contributed by atoms with Gasteiger partial charge in [0.1, 0.15) is 5.82 Å². The highest BCUT2D eigenvalue weighted by molar-refractivity contribution is 5.78. The first kappa shape index (κ1) is 14.6. The van der Waals surface area contributed by atoms with Gasteiger partial charge in [0.25, 0.3) is 0 Å². The lowest BCUT2D eigenvalue weighted by atomic mass is 10.1. The van der Waals surface area contributed by atoms with Crippen LogP contribution in [0.1, 0.15) is 39.3 Å². The third-order valence-electron chi connectivity index (χ3n) is 2.53. The topological polar surface area (TPSA) is 41.1 Å². The van der Waals surface area contributed by atoms with E-state index in [0.29, 0.717) is 0 Å². The fourth-order valence-electron chi connectivity index (χ4n) is 1.47. The van der Waals surface area contributed by atoms with Crippen LogP contribution < -0.4 is 10.6 Å². The van der Waals surface area contributed by atoms with E-state index < -0.39 is 0 Å². The monoisotopic (exact) mass is 252 g/mol. The Morgan fingerprint density at radius 3 is 2.33 bits per heavy atom. The highest BCUT2D eigenvalue weighted by Crippen LogP contribution is 2.12. The number of hydrogen-bond donors (Lipinski definition) is 2. The minimum atomic E-state index is -0.272. The van der Waals surface area contributed by atoms with Crippen molar-refractivity contribution in [3.05, 3.63) is 35.6 Å². The van der Waals surface area contributed by atoms with Crippen LogP contribution in [0.2, 0.25) is 0 Å². The first-order chi connectivity index (χ1) is 8.28. The van der Waals surface area contributed by atoms with E-state index in [9.17, 15) is 9.18 Å². The molecule has 0 bridgehead atoms. The van der Waals surface area contributed by atoms with Gasteiger partial charge < -0.3 is 10.6 Å². The first-order valence-corrected chi connectivity index (χ1v) is 6.08. The number of halogens is 1. The maximum Gasteiger partial charge on any atom is 0.234 e. The van der Waals surface area contributed by atoms with Crippen LogP contribution in [0.3, 0.4) is 0 Å². The number of carbonyl (C=O) groups excluding carboxylic acids is 1. The number of benzene rings is 1. The molecule has 0 fully saturated rings. The zero-order valence-electron chi connectivity index (χ0n) is 11.4. The zero-order valence-corrected chi connectivity index (χ0v) is 11.4. The van der Waals surface area contributed by atoms with Crippen LogP contribution in [0.5, 0.6) is 0 Å². The number of hydrogen-bond acceptors (Lipinski definition) is 2. The summed E-state index contributed by atoms with van der Waals surface area (Å²) >= 11 is 0. The summed E-state index contributed by atoms with van der Waals surface area (Å²) in [6.45, 7) is 8.16. The number of carbonyl (C=O) groups is 1. The second kappa shape index (κ2) is 5.96. The molecule has 0 aromatic heterocycles. The molecule has 0 spiro atoms. The smallest absolute Gasteiger partial charge is 0.234 e. The van der Waals surface area contributed by atoms with Gasteiger partial charge in [-0.2, -0.15) is 0 Å². The van der Waals surface area contributed by atoms with Gasteiger partial charge >= 0.3 is 0 Å². The number of nitrogens with one attached hydrogen (secondary N) is 2. The lowest BCUT2D eigenvalue weighted by Crippen LogP contribution is -2.43. The van der Waals surface area contributed by atoms with E-state index in [1.807, 2.05) is 27.7 Å². The molecule has 1 atom stereocenters. The fourth-order valence-corrected chi connectivity index (χ4v) is 1.47. The normalized spacial score (nSPS) is 13.2. The zero-order chi connectivity index (χ0) is 13.8. The van der Waals surface area contributed by atoms with Crippen molar-refractivity contribution in [3.63, 3.8) is 0 Å². The average Bonchev–Trinajstić information content (AvgIpc) is 2.26. The minimum absolute atomic E-state index is 0.0678. The summed E-state index contributed by atoms with van der Waals surface area (Å²) in [5.41, 5.74) is 0.803. The van der Waals surface area contributed by atoms with Crippen molar-refractivity contribution >= 4 is 5.91 Å². The van der Waals surface area contributed by atoms with E-state index in [1.54, 1.807) is 12.1 Å². The molecule has 1 aromatic carbocycles. The molecule has 0 aliphatic carbocycles. The Labute approximate surface area is 108 Å². The van der Waals surface area contributed by atoms with Crippen LogP contribution in [-0.4, -0.2) is 18.0 Å². The van der Waals surface area contributed by atoms with Gasteiger partial charge in [0, 0.05) is 5.54 Å². The second-order valence-corrected chi connectivity index (χ2v) is 5.44. The van der Waals surface area contributed by atoms with Crippen LogP contribution in [0.25, 0.3) is 0 Å². The van der Waals surface area contributed by atoms with E-state index >= 15 is 0 Å². The van der Waals surface area contributed by atoms with Crippen molar-refractivity contribution in [1.29, 1.82) is 0 Å². The quantitative estimate of drug-likeness (QED) is 0.864. The molecule has 100 valence electrons. The molecule has 3 nitrogen and oxygen atoms in total. The third-order valence-corrected chi connectivity index (χ3v) is 2.53. The largest absolute Gasteiger partial charge is 0.348 e. The molecule has 0 radical (unpaired) electrons. The summed E-state index contributed by atoms with van der Waals surface area (Å²) in [4.78, 5) is 11.7. The van der Waals surface area contributed by atoms with Gasteiger partial charge in [0.05, 0.1) is 12.6 Å². The lowest BCUT2D eigenvalue weighted by Gasteiger charge is -2.21. The van der Waals surface area contributed by atoms with Crippen LogP contribution in [0.15, 0.2) is 24.3 Å². The molecule has 0 aliphatic rings. The van der Waals surface area contributed by atoms with Crippen LogP contribution in [0.4, 0.5) is 4.39 Å². The van der Waals surface area contributed by atoms with Crippen molar-refractivity contribution in [2.75, 3.05) is 6.54 Å². The van der Waals surface area contributed by atoms with Gasteiger partial charge in [-0.15, -0.1) is 0 Å². The van der Waals surface area contributed by atoms with Crippen LogP contribution in [-0.2, 0) is 4.79 Å². The van der Waals surface area contributed by atoms with E-state index in [-0.39, 0.29) is 29.8 Å². The Balaban J connectivity index is 2.47. The maximum absolute atomic E-state index is 12.8. The Morgan fingerprint density at radius 2 is 1.83 bits per heavy atom. The molecule has 18 heavy (non-hydrogen) atoms. The maximum atomic E-state index is 12.8. The standard InChI is InChI=1S/C14H21FN2O/c1-10(11-5-7-12(15)8-6-11)17-13(18)9-16-14(2,3)4/h5-8,10,16H,9H2,1-4H3,(H,17,18)/t10-/m1/s1. The molecule has 1 amide bonds. The average molecular weight is 252 g/mol. The van der Waals surface area contributed by atoms with Gasteiger partial charge in [-0.05, 0) is 45.4 Å². The van der Waals surface area contributed by atoms with Crippen molar-refractivity contribution < 1.29 is 9.18 Å². The predicted molar refractivity (Wildman–Crippen MR) is 70.7 cm³/mol. The summed E-state index contributed by atoms with van der Waals surface area (Å²) in [7, 11) is 0. The van der Waals surface area contributed by atoms with Gasteiger partial charge in [0.15, 0.2) is 0 Å². The molecule has 0 heterocycles. The Hall–Kier alpha value is -1.42. The fraction of sp³-hybridized carbons (Fsp3) is 0.500. The highest BCUT2D eigenvalue weighted by atomic mass is 19.1. The Kier molecular flexibility index (Phi) is 4.84. The van der Waals surface area contributed by atoms with E-state index in [1.165, 1.54) is 12.1 Å². The summed E-state index contributed by atoms with van der Waals surface area (Å²) in [5.74, 6) is -0.339. The molecule has 2 N–H and O–H groups in total. The summed E-state index contributed by atoms with van der Waals surface area (Å²) < 4.78 is 12.8. The Bertz CT molecular complexity index is 395. The lowest BCUT2D eigenvalue weighted by molar-refractivity contribution is -0.121. The van der Waals surface area contributed by atoms with E-state index in [0.717, 1.165) is 5.56 Å². The van der Waals surface area contributed by atoms with Crippen molar-refractivity contribution in [1.82, 2.24) is 10.6 Å². The van der Waals surface area contributed by atoms with E-state index in [4.69, 9.17) is 0 Å². The van der Waals surface area contributed by atoms with Gasteiger partial charge in [-0.3, -0.25) is 4.79 Å². The third kappa shape index (κ3) is 5.27. The van der Waals surface area contributed by atoms with Gasteiger partial charge in [0.2, 0.25) is 5.91 Å². The molecule has 0 saturated carbocycles.